The zero-order valence-corrected chi connectivity index (χ0v) is 12.9. The number of carbonyl (C=O) groups is 1. The van der Waals surface area contributed by atoms with Crippen LogP contribution < -0.4 is 5.32 Å². The Balaban J connectivity index is 1.84. The number of alkyl halides is 1. The van der Waals surface area contributed by atoms with Crippen molar-refractivity contribution in [3.63, 3.8) is 0 Å². The first-order chi connectivity index (χ1) is 10.2. The van der Waals surface area contributed by atoms with E-state index in [4.69, 9.17) is 11.6 Å². The van der Waals surface area contributed by atoms with E-state index >= 15 is 0 Å². The fourth-order valence-electron chi connectivity index (χ4n) is 2.25. The smallest absolute Gasteiger partial charge is 0.251 e. The van der Waals surface area contributed by atoms with E-state index < -0.39 is 0 Å². The topological polar surface area (TPSA) is 29.1 Å². The van der Waals surface area contributed by atoms with E-state index in [0.717, 1.165) is 12.0 Å². The largest absolute Gasteiger partial charge is 0.352 e. The number of benzene rings is 2. The minimum absolute atomic E-state index is 0.0396. The Morgan fingerprint density at radius 1 is 1.14 bits per heavy atom. The molecule has 0 aliphatic carbocycles. The van der Waals surface area contributed by atoms with Crippen LogP contribution in [0.2, 0.25) is 0 Å². The van der Waals surface area contributed by atoms with Crippen LogP contribution in [0.5, 0.6) is 0 Å². The van der Waals surface area contributed by atoms with Crippen LogP contribution in [-0.2, 0) is 5.88 Å². The van der Waals surface area contributed by atoms with Crippen molar-refractivity contribution in [2.75, 3.05) is 6.54 Å². The second-order valence-corrected chi connectivity index (χ2v) is 5.46. The highest BCUT2D eigenvalue weighted by atomic mass is 35.5. The van der Waals surface area contributed by atoms with Crippen LogP contribution in [-0.4, -0.2) is 12.5 Å². The first-order valence-electron chi connectivity index (χ1n) is 7.18. The Labute approximate surface area is 131 Å². The van der Waals surface area contributed by atoms with Gasteiger partial charge in [0.05, 0.1) is 0 Å². The van der Waals surface area contributed by atoms with Gasteiger partial charge in [-0.25, -0.2) is 0 Å². The van der Waals surface area contributed by atoms with E-state index in [1.165, 1.54) is 5.56 Å². The molecule has 0 aromatic heterocycles. The second-order valence-electron chi connectivity index (χ2n) is 5.19. The Morgan fingerprint density at radius 3 is 2.62 bits per heavy atom. The van der Waals surface area contributed by atoms with E-state index in [-0.39, 0.29) is 5.91 Å². The minimum atomic E-state index is -0.0396. The van der Waals surface area contributed by atoms with Gasteiger partial charge in [-0.3, -0.25) is 4.79 Å². The molecule has 0 radical (unpaired) electrons. The number of hydrogen-bond acceptors (Lipinski definition) is 1. The summed E-state index contributed by atoms with van der Waals surface area (Å²) in [4.78, 5) is 12.1. The first-order valence-corrected chi connectivity index (χ1v) is 7.72. The molecule has 0 fully saturated rings. The quantitative estimate of drug-likeness (QED) is 0.790. The van der Waals surface area contributed by atoms with Gasteiger partial charge in [0.2, 0.25) is 0 Å². The molecule has 1 atom stereocenters. The van der Waals surface area contributed by atoms with Gasteiger partial charge in [-0.2, -0.15) is 0 Å². The van der Waals surface area contributed by atoms with Crippen LogP contribution in [0.1, 0.15) is 40.7 Å². The molecule has 0 aliphatic heterocycles. The summed E-state index contributed by atoms with van der Waals surface area (Å²) in [5.41, 5.74) is 2.93. The van der Waals surface area contributed by atoms with Crippen molar-refractivity contribution in [3.8, 4) is 0 Å². The maximum absolute atomic E-state index is 12.1. The molecule has 1 amide bonds. The van der Waals surface area contributed by atoms with Gasteiger partial charge in [-0.1, -0.05) is 49.4 Å². The summed E-state index contributed by atoms with van der Waals surface area (Å²) in [6.45, 7) is 2.84. The fraction of sp³-hybridized carbons (Fsp3) is 0.278. The summed E-state index contributed by atoms with van der Waals surface area (Å²) in [5, 5.41) is 2.97. The lowest BCUT2D eigenvalue weighted by molar-refractivity contribution is 0.0952. The molecule has 3 heteroatoms. The summed E-state index contributed by atoms with van der Waals surface area (Å²) in [7, 11) is 0. The Hall–Kier alpha value is -1.80. The minimum Gasteiger partial charge on any atom is -0.352 e. The fourth-order valence-corrected chi connectivity index (χ4v) is 2.41. The van der Waals surface area contributed by atoms with Crippen LogP contribution in [0, 0.1) is 0 Å². The molecular weight excluding hydrogens is 282 g/mol. The van der Waals surface area contributed by atoms with Crippen LogP contribution in [0.15, 0.2) is 54.6 Å². The highest BCUT2D eigenvalue weighted by Gasteiger charge is 2.08. The number of rotatable bonds is 6. The van der Waals surface area contributed by atoms with Crippen molar-refractivity contribution in [1.82, 2.24) is 5.32 Å². The average Bonchev–Trinajstić information content (AvgIpc) is 2.55. The van der Waals surface area contributed by atoms with Gasteiger partial charge in [0.1, 0.15) is 0 Å². The zero-order chi connectivity index (χ0) is 15.1. The van der Waals surface area contributed by atoms with E-state index in [1.54, 1.807) is 0 Å². The molecule has 2 aromatic rings. The summed E-state index contributed by atoms with van der Waals surface area (Å²) < 4.78 is 0. The summed E-state index contributed by atoms with van der Waals surface area (Å²) in [6, 6.07) is 17.8. The van der Waals surface area contributed by atoms with Gasteiger partial charge >= 0.3 is 0 Å². The average molecular weight is 302 g/mol. The Morgan fingerprint density at radius 2 is 1.90 bits per heavy atom. The van der Waals surface area contributed by atoms with Crippen LogP contribution in [0.25, 0.3) is 0 Å². The molecule has 0 saturated carbocycles. The predicted octanol–water partition coefficient (Wildman–Crippen LogP) is 4.35. The van der Waals surface area contributed by atoms with E-state index in [1.807, 2.05) is 42.5 Å². The predicted molar refractivity (Wildman–Crippen MR) is 87.8 cm³/mol. The number of amides is 1. The van der Waals surface area contributed by atoms with Gasteiger partial charge in [0, 0.05) is 18.0 Å². The summed E-state index contributed by atoms with van der Waals surface area (Å²) >= 11 is 5.79. The van der Waals surface area contributed by atoms with Gasteiger partial charge in [-0.05, 0) is 35.6 Å². The van der Waals surface area contributed by atoms with E-state index in [0.29, 0.717) is 23.9 Å². The summed E-state index contributed by atoms with van der Waals surface area (Å²) in [6.07, 6.45) is 0.922. The molecule has 0 heterocycles. The lowest BCUT2D eigenvalue weighted by Gasteiger charge is -2.12. The van der Waals surface area contributed by atoms with Crippen molar-refractivity contribution in [1.29, 1.82) is 0 Å². The van der Waals surface area contributed by atoms with Crippen LogP contribution in [0.3, 0.4) is 0 Å². The third-order valence-corrected chi connectivity index (χ3v) is 3.88. The lowest BCUT2D eigenvalue weighted by Crippen LogP contribution is -2.25. The Bertz CT molecular complexity index is 583. The van der Waals surface area contributed by atoms with Gasteiger partial charge in [0.15, 0.2) is 0 Å². The molecule has 1 N–H and O–H groups in total. The number of hydrogen-bond donors (Lipinski definition) is 1. The van der Waals surface area contributed by atoms with Crippen molar-refractivity contribution in [2.45, 2.75) is 25.1 Å². The van der Waals surface area contributed by atoms with Crippen molar-refractivity contribution in [2.24, 2.45) is 0 Å². The lowest BCUT2D eigenvalue weighted by atomic mass is 9.98. The van der Waals surface area contributed by atoms with E-state index in [2.05, 4.69) is 24.4 Å². The maximum atomic E-state index is 12.1. The first kappa shape index (κ1) is 15.6. The zero-order valence-electron chi connectivity index (χ0n) is 12.2. The third kappa shape index (κ3) is 4.61. The van der Waals surface area contributed by atoms with Crippen molar-refractivity contribution < 1.29 is 4.79 Å². The highest BCUT2D eigenvalue weighted by Crippen LogP contribution is 2.17. The summed E-state index contributed by atoms with van der Waals surface area (Å²) in [5.74, 6) is 0.814. The molecule has 2 nitrogen and oxygen atoms in total. The second kappa shape index (κ2) is 7.84. The number of halogens is 1. The molecule has 0 bridgehead atoms. The van der Waals surface area contributed by atoms with Crippen molar-refractivity contribution >= 4 is 17.5 Å². The molecule has 1 unspecified atom stereocenters. The normalized spacial score (nSPS) is 11.9. The standard InChI is InChI=1S/C18H20ClNO/c1-14(16-7-3-2-4-8-16)10-11-20-18(21)17-9-5-6-15(12-17)13-19/h2-9,12,14H,10-11,13H2,1H3,(H,20,21). The molecule has 0 aliphatic rings. The highest BCUT2D eigenvalue weighted by molar-refractivity contribution is 6.17. The van der Waals surface area contributed by atoms with Gasteiger partial charge < -0.3 is 5.32 Å². The van der Waals surface area contributed by atoms with Crippen LogP contribution in [0.4, 0.5) is 0 Å². The van der Waals surface area contributed by atoms with Crippen molar-refractivity contribution in [3.05, 3.63) is 71.3 Å². The van der Waals surface area contributed by atoms with Crippen LogP contribution >= 0.6 is 11.6 Å². The molecule has 110 valence electrons. The molecular formula is C18H20ClNO. The van der Waals surface area contributed by atoms with E-state index in [9.17, 15) is 4.79 Å². The molecule has 0 saturated heterocycles. The maximum Gasteiger partial charge on any atom is 0.251 e. The molecule has 2 aromatic carbocycles. The molecule has 21 heavy (non-hydrogen) atoms. The van der Waals surface area contributed by atoms with Gasteiger partial charge in [-0.15, -0.1) is 11.6 Å². The molecule has 0 spiro atoms. The SMILES string of the molecule is CC(CCNC(=O)c1cccc(CCl)c1)c1ccccc1. The number of carbonyl (C=O) groups excluding carboxylic acids is 1. The third-order valence-electron chi connectivity index (χ3n) is 3.57. The van der Waals surface area contributed by atoms with Gasteiger partial charge in [0.25, 0.3) is 5.91 Å². The monoisotopic (exact) mass is 301 g/mol. The molecule has 2 rings (SSSR count). The number of nitrogens with one attached hydrogen (secondary N) is 1. The Kier molecular flexibility index (Phi) is 5.82.